The van der Waals surface area contributed by atoms with Crippen molar-refractivity contribution in [3.8, 4) is 11.6 Å². The van der Waals surface area contributed by atoms with Crippen LogP contribution in [0.5, 0.6) is 5.75 Å². The second-order valence-electron chi connectivity index (χ2n) is 5.15. The number of pyridine rings is 1. The second-order valence-corrected chi connectivity index (χ2v) is 5.15. The van der Waals surface area contributed by atoms with E-state index < -0.39 is 11.9 Å². The normalized spacial score (nSPS) is 10.3. The van der Waals surface area contributed by atoms with Gasteiger partial charge >= 0.3 is 11.9 Å². The van der Waals surface area contributed by atoms with Crippen molar-refractivity contribution in [2.45, 2.75) is 6.92 Å². The maximum absolute atomic E-state index is 12.4. The highest BCUT2D eigenvalue weighted by atomic mass is 16.5. The van der Waals surface area contributed by atoms with Crippen LogP contribution in [-0.4, -0.2) is 33.8 Å². The number of rotatable bonds is 4. The Bertz CT molecular complexity index is 902. The number of aromatic nitrogens is 3. The van der Waals surface area contributed by atoms with Crippen molar-refractivity contribution in [3.63, 3.8) is 0 Å². The molecule has 0 spiro atoms. The van der Waals surface area contributed by atoms with Gasteiger partial charge in [-0.3, -0.25) is 0 Å². The van der Waals surface area contributed by atoms with E-state index in [0.29, 0.717) is 28.4 Å². The number of esters is 2. The molecule has 0 aliphatic carbocycles. The lowest BCUT2D eigenvalue weighted by Crippen LogP contribution is -2.10. The van der Waals surface area contributed by atoms with Gasteiger partial charge in [-0.15, -0.1) is 0 Å². The summed E-state index contributed by atoms with van der Waals surface area (Å²) in [5.74, 6) is -0.0556. The van der Waals surface area contributed by atoms with Crippen molar-refractivity contribution in [2.24, 2.45) is 0 Å². The quantitative estimate of drug-likeness (QED) is 0.537. The fourth-order valence-corrected chi connectivity index (χ4v) is 2.26. The monoisotopic (exact) mass is 337 g/mol. The molecule has 7 nitrogen and oxygen atoms in total. The Morgan fingerprint density at radius 3 is 2.44 bits per heavy atom. The molecule has 0 saturated carbocycles. The van der Waals surface area contributed by atoms with Crippen LogP contribution in [0.3, 0.4) is 0 Å². The molecule has 0 N–H and O–H groups in total. The van der Waals surface area contributed by atoms with Gasteiger partial charge in [-0.1, -0.05) is 6.07 Å². The highest BCUT2D eigenvalue weighted by Gasteiger charge is 2.18. The number of ether oxygens (including phenoxy) is 2. The molecule has 0 atom stereocenters. The molecule has 0 aliphatic rings. The average Bonchev–Trinajstić information content (AvgIpc) is 3.04. The number of nitrogens with zero attached hydrogens (tertiary/aromatic N) is 3. The molecule has 7 heteroatoms. The molecular formula is C18H15N3O4. The van der Waals surface area contributed by atoms with Crippen molar-refractivity contribution < 1.29 is 19.1 Å². The van der Waals surface area contributed by atoms with Crippen LogP contribution in [0.2, 0.25) is 0 Å². The van der Waals surface area contributed by atoms with Gasteiger partial charge in [-0.25, -0.2) is 19.3 Å². The number of benzene rings is 1. The van der Waals surface area contributed by atoms with Crippen LogP contribution >= 0.6 is 0 Å². The van der Waals surface area contributed by atoms with Crippen LogP contribution in [0, 0.1) is 6.92 Å². The summed E-state index contributed by atoms with van der Waals surface area (Å²) in [5.41, 5.74) is 1.33. The van der Waals surface area contributed by atoms with Crippen LogP contribution in [0.25, 0.3) is 5.82 Å². The summed E-state index contributed by atoms with van der Waals surface area (Å²) in [6, 6.07) is 11.5. The summed E-state index contributed by atoms with van der Waals surface area (Å²) in [7, 11) is 1.30. The molecular weight excluding hydrogens is 322 g/mol. The van der Waals surface area contributed by atoms with E-state index >= 15 is 0 Å². The van der Waals surface area contributed by atoms with Gasteiger partial charge in [0.05, 0.1) is 24.6 Å². The molecule has 0 fully saturated rings. The van der Waals surface area contributed by atoms with E-state index in [-0.39, 0.29) is 0 Å². The predicted molar refractivity (Wildman–Crippen MR) is 88.8 cm³/mol. The zero-order chi connectivity index (χ0) is 17.8. The maximum Gasteiger partial charge on any atom is 0.347 e. The van der Waals surface area contributed by atoms with Gasteiger partial charge in [-0.05, 0) is 43.3 Å². The number of hydrogen-bond donors (Lipinski definition) is 0. The molecule has 1 aromatic carbocycles. The fraction of sp³-hybridized carbons (Fsp3) is 0.111. The molecule has 0 saturated heterocycles. The van der Waals surface area contributed by atoms with Gasteiger partial charge in [0.2, 0.25) is 0 Å². The summed E-state index contributed by atoms with van der Waals surface area (Å²) < 4.78 is 11.5. The number of methoxy groups -OCH3 is 1. The number of carbonyl (C=O) groups excluding carboxylic acids is 2. The summed E-state index contributed by atoms with van der Waals surface area (Å²) in [5, 5.41) is 4.19. The molecule has 126 valence electrons. The zero-order valence-corrected chi connectivity index (χ0v) is 13.7. The Morgan fingerprint density at radius 2 is 1.80 bits per heavy atom. The van der Waals surface area contributed by atoms with Crippen LogP contribution < -0.4 is 4.74 Å². The lowest BCUT2D eigenvalue weighted by molar-refractivity contribution is 0.0600. The van der Waals surface area contributed by atoms with E-state index in [4.69, 9.17) is 4.74 Å². The van der Waals surface area contributed by atoms with Crippen molar-refractivity contribution in [1.82, 2.24) is 14.8 Å². The molecule has 3 aromatic rings. The highest BCUT2D eigenvalue weighted by molar-refractivity contribution is 5.92. The Hall–Kier alpha value is -3.48. The molecule has 0 radical (unpaired) electrons. The van der Waals surface area contributed by atoms with Crippen molar-refractivity contribution in [1.29, 1.82) is 0 Å². The Kier molecular flexibility index (Phi) is 4.56. The summed E-state index contributed by atoms with van der Waals surface area (Å²) >= 11 is 0. The zero-order valence-electron chi connectivity index (χ0n) is 13.7. The van der Waals surface area contributed by atoms with Gasteiger partial charge in [0.1, 0.15) is 11.3 Å². The Balaban J connectivity index is 1.78. The van der Waals surface area contributed by atoms with E-state index in [9.17, 15) is 9.59 Å². The second kappa shape index (κ2) is 6.96. The summed E-state index contributed by atoms with van der Waals surface area (Å²) in [4.78, 5) is 28.0. The first kappa shape index (κ1) is 16.4. The first-order chi connectivity index (χ1) is 12.1. The first-order valence-corrected chi connectivity index (χ1v) is 7.46. The molecule has 0 aliphatic heterocycles. The summed E-state index contributed by atoms with van der Waals surface area (Å²) in [6.07, 6.45) is 3.09. The van der Waals surface area contributed by atoms with E-state index in [1.165, 1.54) is 37.6 Å². The standard InChI is InChI=1S/C18H15N3O4/c1-12-15(11-20-21(12)16-5-3-4-10-19-16)18(23)25-14-8-6-13(7-9-14)17(22)24-2/h3-11H,1-2H3. The molecule has 0 amide bonds. The van der Waals surface area contributed by atoms with Crippen LogP contribution in [-0.2, 0) is 4.74 Å². The van der Waals surface area contributed by atoms with Gasteiger partial charge in [0, 0.05) is 6.20 Å². The molecule has 2 heterocycles. The number of carbonyl (C=O) groups is 2. The first-order valence-electron chi connectivity index (χ1n) is 7.46. The van der Waals surface area contributed by atoms with Gasteiger partial charge in [-0.2, -0.15) is 5.10 Å². The van der Waals surface area contributed by atoms with Crippen LogP contribution in [0.1, 0.15) is 26.4 Å². The third-order valence-electron chi connectivity index (χ3n) is 3.58. The highest BCUT2D eigenvalue weighted by Crippen LogP contribution is 2.17. The minimum atomic E-state index is -0.537. The van der Waals surface area contributed by atoms with E-state index in [2.05, 4.69) is 14.8 Å². The largest absolute Gasteiger partial charge is 0.465 e. The molecule has 25 heavy (non-hydrogen) atoms. The van der Waals surface area contributed by atoms with E-state index in [0.717, 1.165) is 0 Å². The third-order valence-corrected chi connectivity index (χ3v) is 3.58. The SMILES string of the molecule is COC(=O)c1ccc(OC(=O)c2cnn(-c3ccccn3)c2C)cc1. The van der Waals surface area contributed by atoms with Crippen molar-refractivity contribution in [3.05, 3.63) is 71.7 Å². The molecule has 2 aromatic heterocycles. The van der Waals surface area contributed by atoms with Crippen LogP contribution in [0.15, 0.2) is 54.9 Å². The summed E-state index contributed by atoms with van der Waals surface area (Å²) in [6.45, 7) is 1.76. The van der Waals surface area contributed by atoms with Crippen molar-refractivity contribution in [2.75, 3.05) is 7.11 Å². The minimum Gasteiger partial charge on any atom is -0.465 e. The fourth-order valence-electron chi connectivity index (χ4n) is 2.26. The Morgan fingerprint density at radius 1 is 1.04 bits per heavy atom. The average molecular weight is 337 g/mol. The van der Waals surface area contributed by atoms with Crippen LogP contribution in [0.4, 0.5) is 0 Å². The predicted octanol–water partition coefficient (Wildman–Crippen LogP) is 2.58. The van der Waals surface area contributed by atoms with Crippen molar-refractivity contribution >= 4 is 11.9 Å². The Labute approximate surface area is 143 Å². The minimum absolute atomic E-state index is 0.322. The lowest BCUT2D eigenvalue weighted by atomic mass is 10.2. The molecule has 0 unspecified atom stereocenters. The van der Waals surface area contributed by atoms with Gasteiger partial charge in [0.25, 0.3) is 0 Å². The smallest absolute Gasteiger partial charge is 0.347 e. The topological polar surface area (TPSA) is 83.3 Å². The molecule has 0 bridgehead atoms. The third kappa shape index (κ3) is 3.40. The lowest BCUT2D eigenvalue weighted by Gasteiger charge is -2.06. The molecule has 3 rings (SSSR count). The number of hydrogen-bond acceptors (Lipinski definition) is 6. The van der Waals surface area contributed by atoms with Gasteiger partial charge in [0.15, 0.2) is 5.82 Å². The van der Waals surface area contributed by atoms with Gasteiger partial charge < -0.3 is 9.47 Å². The van der Waals surface area contributed by atoms with E-state index in [1.54, 1.807) is 29.9 Å². The van der Waals surface area contributed by atoms with E-state index in [1.807, 2.05) is 6.07 Å². The maximum atomic E-state index is 12.4.